The van der Waals surface area contributed by atoms with Gasteiger partial charge in [0.1, 0.15) is 0 Å². The molecule has 0 unspecified atom stereocenters. The maximum absolute atomic E-state index is 12.9. The Bertz CT molecular complexity index is 713. The molecule has 1 amide bonds. The van der Waals surface area contributed by atoms with E-state index < -0.39 is 22.2 Å². The van der Waals surface area contributed by atoms with Gasteiger partial charge in [0.15, 0.2) is 5.03 Å². The maximum Gasteiger partial charge on any atom is 0.260 e. The van der Waals surface area contributed by atoms with Crippen molar-refractivity contribution in [2.75, 3.05) is 13.1 Å². The Hall–Kier alpha value is -1.55. The molecule has 1 aromatic rings. The van der Waals surface area contributed by atoms with Crippen molar-refractivity contribution in [3.63, 3.8) is 0 Å². The Balaban J connectivity index is 2.14. The molecule has 8 nitrogen and oxygen atoms in total. The van der Waals surface area contributed by atoms with Crippen molar-refractivity contribution in [2.24, 2.45) is 11.7 Å². The molecule has 0 aliphatic carbocycles. The van der Waals surface area contributed by atoms with Crippen molar-refractivity contribution in [1.29, 1.82) is 0 Å². The Morgan fingerprint density at radius 2 is 2.19 bits per heavy atom. The summed E-state index contributed by atoms with van der Waals surface area (Å²) < 4.78 is 27.1. The van der Waals surface area contributed by atoms with Crippen molar-refractivity contribution < 1.29 is 18.3 Å². The van der Waals surface area contributed by atoms with E-state index in [0.29, 0.717) is 19.3 Å². The highest BCUT2D eigenvalue weighted by atomic mass is 32.2. The number of aliphatic hydroxyl groups is 1. The molecule has 1 fully saturated rings. The van der Waals surface area contributed by atoms with E-state index in [9.17, 15) is 18.3 Å². The van der Waals surface area contributed by atoms with Gasteiger partial charge in [0.05, 0.1) is 18.1 Å². The zero-order valence-corrected chi connectivity index (χ0v) is 16.7. The standard InChI is InChI=1S/C18H30N4O4S/c1-3-6-14(11-19)18(24)21-15-9-8-13(2)22(12-16(15)23)27(25,26)17-7-4-5-10-20-17/h4-5,7,10,13-16,23H,3,6,8-9,11-12,19H2,1-2H3,(H,21,24)/t13-,14+,15+,16+/m1/s1. The largest absolute Gasteiger partial charge is 0.390 e. The summed E-state index contributed by atoms with van der Waals surface area (Å²) in [5, 5.41) is 13.4. The van der Waals surface area contributed by atoms with Crippen LogP contribution in [0.3, 0.4) is 0 Å². The van der Waals surface area contributed by atoms with Crippen LogP contribution in [0.5, 0.6) is 0 Å². The van der Waals surface area contributed by atoms with Crippen LogP contribution in [0.1, 0.15) is 39.5 Å². The molecule has 2 rings (SSSR count). The van der Waals surface area contributed by atoms with Gasteiger partial charge in [-0.15, -0.1) is 0 Å². The Morgan fingerprint density at radius 3 is 2.78 bits per heavy atom. The molecular weight excluding hydrogens is 368 g/mol. The number of hydrogen-bond acceptors (Lipinski definition) is 6. The highest BCUT2D eigenvalue weighted by molar-refractivity contribution is 7.89. The lowest BCUT2D eigenvalue weighted by Gasteiger charge is -2.28. The van der Waals surface area contributed by atoms with Crippen molar-refractivity contribution in [3.05, 3.63) is 24.4 Å². The minimum atomic E-state index is -3.82. The third kappa shape index (κ3) is 5.25. The lowest BCUT2D eigenvalue weighted by Crippen LogP contribution is -2.50. The van der Waals surface area contributed by atoms with Gasteiger partial charge in [-0.05, 0) is 38.3 Å². The smallest absolute Gasteiger partial charge is 0.260 e. The summed E-state index contributed by atoms with van der Waals surface area (Å²) in [6.45, 7) is 3.95. The van der Waals surface area contributed by atoms with Gasteiger partial charge in [-0.25, -0.2) is 13.4 Å². The van der Waals surface area contributed by atoms with E-state index in [0.717, 1.165) is 6.42 Å². The molecular formula is C18H30N4O4S. The van der Waals surface area contributed by atoms with E-state index in [1.807, 2.05) is 6.92 Å². The second-order valence-corrected chi connectivity index (χ2v) is 8.91. The fourth-order valence-electron chi connectivity index (χ4n) is 3.38. The topological polar surface area (TPSA) is 126 Å². The zero-order chi connectivity index (χ0) is 20.0. The van der Waals surface area contributed by atoms with E-state index >= 15 is 0 Å². The van der Waals surface area contributed by atoms with Crippen LogP contribution in [0.15, 0.2) is 29.4 Å². The van der Waals surface area contributed by atoms with Crippen LogP contribution in [0.25, 0.3) is 0 Å². The molecule has 152 valence electrons. The van der Waals surface area contributed by atoms with Crippen LogP contribution in [-0.2, 0) is 14.8 Å². The van der Waals surface area contributed by atoms with Crippen molar-refractivity contribution in [3.8, 4) is 0 Å². The first-order chi connectivity index (χ1) is 12.8. The van der Waals surface area contributed by atoms with Crippen LogP contribution in [0, 0.1) is 5.92 Å². The van der Waals surface area contributed by atoms with E-state index in [2.05, 4.69) is 10.3 Å². The number of sulfonamides is 1. The Labute approximate surface area is 161 Å². The molecule has 1 aliphatic heterocycles. The summed E-state index contributed by atoms with van der Waals surface area (Å²) in [4.78, 5) is 16.4. The van der Waals surface area contributed by atoms with Gasteiger partial charge in [-0.2, -0.15) is 4.31 Å². The molecule has 0 aromatic carbocycles. The summed E-state index contributed by atoms with van der Waals surface area (Å²) in [7, 11) is -3.82. The minimum absolute atomic E-state index is 0.0438. The zero-order valence-electron chi connectivity index (χ0n) is 15.9. The molecule has 9 heteroatoms. The molecule has 4 N–H and O–H groups in total. The van der Waals surface area contributed by atoms with Crippen LogP contribution in [0.4, 0.5) is 0 Å². The van der Waals surface area contributed by atoms with E-state index in [-0.39, 0.29) is 36.0 Å². The predicted molar refractivity (Wildman–Crippen MR) is 102 cm³/mol. The van der Waals surface area contributed by atoms with Gasteiger partial charge in [0.25, 0.3) is 10.0 Å². The number of pyridine rings is 1. The van der Waals surface area contributed by atoms with Crippen LogP contribution in [0.2, 0.25) is 0 Å². The summed E-state index contributed by atoms with van der Waals surface area (Å²) >= 11 is 0. The quantitative estimate of drug-likeness (QED) is 0.613. The van der Waals surface area contributed by atoms with Gasteiger partial charge in [-0.1, -0.05) is 19.4 Å². The monoisotopic (exact) mass is 398 g/mol. The molecule has 1 saturated heterocycles. The summed E-state index contributed by atoms with van der Waals surface area (Å²) in [5.74, 6) is -0.478. The van der Waals surface area contributed by atoms with E-state index in [1.165, 1.54) is 16.6 Å². The number of hydrogen-bond donors (Lipinski definition) is 3. The number of β-amino-alcohol motifs (C(OH)–C–C–N with tert-alkyl or cyclic N) is 1. The van der Waals surface area contributed by atoms with Crippen molar-refractivity contribution in [1.82, 2.24) is 14.6 Å². The fraction of sp³-hybridized carbons (Fsp3) is 0.667. The second kappa shape index (κ2) is 9.59. The number of amides is 1. The number of rotatable bonds is 7. The van der Waals surface area contributed by atoms with Crippen molar-refractivity contribution in [2.45, 2.75) is 62.7 Å². The molecule has 1 aromatic heterocycles. The van der Waals surface area contributed by atoms with Gasteiger partial charge >= 0.3 is 0 Å². The third-order valence-corrected chi connectivity index (χ3v) is 6.95. The number of carbonyl (C=O) groups excluding carboxylic acids is 1. The van der Waals surface area contributed by atoms with Crippen LogP contribution >= 0.6 is 0 Å². The lowest BCUT2D eigenvalue weighted by atomic mass is 10.00. The highest BCUT2D eigenvalue weighted by Gasteiger charge is 2.37. The Morgan fingerprint density at radius 1 is 1.44 bits per heavy atom. The van der Waals surface area contributed by atoms with Gasteiger partial charge in [-0.3, -0.25) is 4.79 Å². The molecule has 1 aliphatic rings. The predicted octanol–water partition coefficient (Wildman–Crippen LogP) is 0.475. The highest BCUT2D eigenvalue weighted by Crippen LogP contribution is 2.24. The van der Waals surface area contributed by atoms with E-state index in [1.54, 1.807) is 19.1 Å². The number of nitrogens with one attached hydrogen (secondary N) is 1. The molecule has 0 saturated carbocycles. The molecule has 0 radical (unpaired) electrons. The summed E-state index contributed by atoms with van der Waals surface area (Å²) in [6, 6.07) is 3.89. The third-order valence-electron chi connectivity index (χ3n) is 5.05. The molecule has 0 spiro atoms. The molecule has 4 atom stereocenters. The average molecular weight is 399 g/mol. The SMILES string of the molecule is CCC[C@@H](CN)C(=O)N[C@H]1CC[C@@H](C)N(S(=O)(=O)c2ccccn2)C[C@@H]1O. The lowest BCUT2D eigenvalue weighted by molar-refractivity contribution is -0.126. The first-order valence-corrected chi connectivity index (χ1v) is 10.9. The molecule has 0 bridgehead atoms. The number of aromatic nitrogens is 1. The second-order valence-electron chi connectivity index (χ2n) is 7.07. The number of aliphatic hydroxyl groups excluding tert-OH is 1. The van der Waals surface area contributed by atoms with E-state index in [4.69, 9.17) is 5.73 Å². The summed E-state index contributed by atoms with van der Waals surface area (Å²) in [6.07, 6.45) is 2.96. The normalized spacial score (nSPS) is 25.6. The number of carbonyl (C=O) groups is 1. The summed E-state index contributed by atoms with van der Waals surface area (Å²) in [5.41, 5.74) is 5.68. The van der Waals surface area contributed by atoms with Crippen LogP contribution in [-0.4, -0.2) is 60.0 Å². The number of nitrogens with two attached hydrogens (primary N) is 1. The van der Waals surface area contributed by atoms with Gasteiger partial charge < -0.3 is 16.2 Å². The van der Waals surface area contributed by atoms with Gasteiger partial charge in [0, 0.05) is 25.3 Å². The minimum Gasteiger partial charge on any atom is -0.390 e. The first-order valence-electron chi connectivity index (χ1n) is 9.42. The Kier molecular flexibility index (Phi) is 7.72. The average Bonchev–Trinajstić information content (AvgIpc) is 2.80. The van der Waals surface area contributed by atoms with Crippen molar-refractivity contribution >= 4 is 15.9 Å². The van der Waals surface area contributed by atoms with Crippen LogP contribution < -0.4 is 11.1 Å². The number of nitrogens with zero attached hydrogens (tertiary/aromatic N) is 2. The van der Waals surface area contributed by atoms with Gasteiger partial charge in [0.2, 0.25) is 5.91 Å². The fourth-order valence-corrected chi connectivity index (χ4v) is 4.99. The maximum atomic E-state index is 12.9. The molecule has 27 heavy (non-hydrogen) atoms. The molecule has 2 heterocycles. The first kappa shape index (κ1) is 21.7.